The van der Waals surface area contributed by atoms with Crippen molar-refractivity contribution in [3.8, 4) is 0 Å². The van der Waals surface area contributed by atoms with Gasteiger partial charge in [-0.25, -0.2) is 13.4 Å². The Labute approximate surface area is 128 Å². The summed E-state index contributed by atoms with van der Waals surface area (Å²) in [4.78, 5) is 14.4. The molecule has 0 spiro atoms. The quantitative estimate of drug-likeness (QED) is 0.833. The molecule has 0 radical (unpaired) electrons. The van der Waals surface area contributed by atoms with E-state index in [1.54, 1.807) is 0 Å². The van der Waals surface area contributed by atoms with Crippen LogP contribution >= 0.6 is 11.6 Å². The number of carboxylic acids is 1. The number of rotatable bonds is 5. The highest BCUT2D eigenvalue weighted by Gasteiger charge is 2.31. The number of sulfonamides is 1. The molecule has 0 bridgehead atoms. The molecule has 1 saturated heterocycles. The van der Waals surface area contributed by atoms with E-state index in [0.717, 1.165) is 12.8 Å². The van der Waals surface area contributed by atoms with Crippen molar-refractivity contribution in [2.45, 2.75) is 30.6 Å². The van der Waals surface area contributed by atoms with Crippen LogP contribution in [0.4, 0.5) is 0 Å². The van der Waals surface area contributed by atoms with Crippen molar-refractivity contribution in [1.29, 1.82) is 0 Å². The van der Waals surface area contributed by atoms with Crippen molar-refractivity contribution in [2.24, 2.45) is 5.92 Å². The van der Waals surface area contributed by atoms with E-state index < -0.39 is 16.0 Å². The Morgan fingerprint density at radius 1 is 1.52 bits per heavy atom. The molecule has 1 fully saturated rings. The van der Waals surface area contributed by atoms with Gasteiger partial charge in [0, 0.05) is 25.7 Å². The molecule has 116 valence electrons. The van der Waals surface area contributed by atoms with E-state index in [1.807, 2.05) is 0 Å². The lowest BCUT2D eigenvalue weighted by Gasteiger charge is -2.31. The first-order valence-electron chi connectivity index (χ1n) is 6.73. The molecule has 0 saturated carbocycles. The molecule has 1 aliphatic rings. The Kier molecular flexibility index (Phi) is 5.18. The van der Waals surface area contributed by atoms with Crippen LogP contribution in [0.2, 0.25) is 5.15 Å². The maximum Gasteiger partial charge on any atom is 0.303 e. The lowest BCUT2D eigenvalue weighted by Crippen LogP contribution is -2.40. The van der Waals surface area contributed by atoms with Crippen LogP contribution in [0.5, 0.6) is 0 Å². The number of aromatic nitrogens is 1. The van der Waals surface area contributed by atoms with Gasteiger partial charge in [0.25, 0.3) is 0 Å². The van der Waals surface area contributed by atoms with Crippen molar-refractivity contribution in [1.82, 2.24) is 9.29 Å². The van der Waals surface area contributed by atoms with Crippen molar-refractivity contribution in [2.75, 3.05) is 13.1 Å². The Hall–Kier alpha value is -1.18. The molecule has 0 aliphatic carbocycles. The van der Waals surface area contributed by atoms with Crippen LogP contribution in [0, 0.1) is 5.92 Å². The fourth-order valence-corrected chi connectivity index (χ4v) is 4.49. The third-order valence-electron chi connectivity index (χ3n) is 3.59. The number of nitrogens with zero attached hydrogens (tertiary/aromatic N) is 2. The average Bonchev–Trinajstić information content (AvgIpc) is 2.45. The van der Waals surface area contributed by atoms with Crippen LogP contribution < -0.4 is 0 Å². The van der Waals surface area contributed by atoms with Crippen molar-refractivity contribution < 1.29 is 18.3 Å². The molecule has 0 amide bonds. The maximum atomic E-state index is 12.6. The monoisotopic (exact) mass is 332 g/mol. The zero-order chi connectivity index (χ0) is 15.5. The van der Waals surface area contributed by atoms with Crippen LogP contribution in [-0.4, -0.2) is 41.9 Å². The maximum absolute atomic E-state index is 12.6. The summed E-state index contributed by atoms with van der Waals surface area (Å²) in [5.41, 5.74) is 0. The minimum atomic E-state index is -3.67. The van der Waals surface area contributed by atoms with Crippen LogP contribution in [0.15, 0.2) is 23.2 Å². The normalized spacial score (nSPS) is 20.3. The third kappa shape index (κ3) is 3.93. The first-order valence-corrected chi connectivity index (χ1v) is 8.55. The molecule has 2 rings (SSSR count). The van der Waals surface area contributed by atoms with E-state index in [-0.39, 0.29) is 22.4 Å². The zero-order valence-corrected chi connectivity index (χ0v) is 13.0. The molecule has 1 unspecified atom stereocenters. The summed E-state index contributed by atoms with van der Waals surface area (Å²) in [7, 11) is -3.67. The molecule has 21 heavy (non-hydrogen) atoms. The molecule has 1 aliphatic heterocycles. The number of aliphatic carboxylic acids is 1. The van der Waals surface area contributed by atoms with Crippen LogP contribution in [0.1, 0.15) is 25.7 Å². The molecule has 2 heterocycles. The van der Waals surface area contributed by atoms with Gasteiger partial charge in [-0.05, 0) is 37.3 Å². The van der Waals surface area contributed by atoms with Crippen LogP contribution in [-0.2, 0) is 14.8 Å². The van der Waals surface area contributed by atoms with Crippen molar-refractivity contribution >= 4 is 27.6 Å². The smallest absolute Gasteiger partial charge is 0.303 e. The fraction of sp³-hybridized carbons (Fsp3) is 0.538. The molecular formula is C13H17ClN2O4S. The zero-order valence-electron chi connectivity index (χ0n) is 11.4. The van der Waals surface area contributed by atoms with Gasteiger partial charge in [0.15, 0.2) is 0 Å². The minimum absolute atomic E-state index is 0.00514. The number of hydrogen-bond acceptors (Lipinski definition) is 4. The standard InChI is InChI=1S/C13H17ClN2O4S/c14-13-11(4-1-7-15-13)21(19,20)16-8-2-3-10(9-16)5-6-12(17)18/h1,4,7,10H,2-3,5-6,8-9H2,(H,17,18). The highest BCUT2D eigenvalue weighted by atomic mass is 35.5. The van der Waals surface area contributed by atoms with Gasteiger partial charge in [0.1, 0.15) is 10.0 Å². The first kappa shape index (κ1) is 16.2. The summed E-state index contributed by atoms with van der Waals surface area (Å²) in [6.45, 7) is 0.762. The minimum Gasteiger partial charge on any atom is -0.481 e. The first-order chi connectivity index (χ1) is 9.91. The molecule has 1 atom stereocenters. The average molecular weight is 333 g/mol. The van der Waals surface area contributed by atoms with Gasteiger partial charge in [0.05, 0.1) is 0 Å². The Morgan fingerprint density at radius 3 is 2.95 bits per heavy atom. The Balaban J connectivity index is 2.13. The second kappa shape index (κ2) is 6.72. The SMILES string of the molecule is O=C(O)CCC1CCCN(S(=O)(=O)c2cccnc2Cl)C1. The van der Waals surface area contributed by atoms with E-state index >= 15 is 0 Å². The van der Waals surface area contributed by atoms with E-state index in [9.17, 15) is 13.2 Å². The summed E-state index contributed by atoms with van der Waals surface area (Å²) in [6, 6.07) is 2.97. The predicted octanol–water partition coefficient (Wildman–Crippen LogP) is 2.00. The van der Waals surface area contributed by atoms with Gasteiger partial charge in [0.2, 0.25) is 10.0 Å². The van der Waals surface area contributed by atoms with Gasteiger partial charge in [-0.2, -0.15) is 4.31 Å². The van der Waals surface area contributed by atoms with E-state index in [0.29, 0.717) is 19.5 Å². The van der Waals surface area contributed by atoms with Crippen molar-refractivity contribution in [3.63, 3.8) is 0 Å². The predicted molar refractivity (Wildman–Crippen MR) is 77.6 cm³/mol. The molecule has 0 aromatic carbocycles. The highest BCUT2D eigenvalue weighted by Crippen LogP contribution is 2.28. The lowest BCUT2D eigenvalue weighted by molar-refractivity contribution is -0.137. The molecule has 1 N–H and O–H groups in total. The van der Waals surface area contributed by atoms with E-state index in [2.05, 4.69) is 4.98 Å². The largest absolute Gasteiger partial charge is 0.481 e. The second-order valence-electron chi connectivity index (χ2n) is 5.10. The number of hydrogen-bond donors (Lipinski definition) is 1. The fourth-order valence-electron chi connectivity index (χ4n) is 2.51. The van der Waals surface area contributed by atoms with E-state index in [4.69, 9.17) is 16.7 Å². The summed E-state index contributed by atoms with van der Waals surface area (Å²) < 4.78 is 26.5. The van der Waals surface area contributed by atoms with E-state index in [1.165, 1.54) is 22.6 Å². The summed E-state index contributed by atoms with van der Waals surface area (Å²) in [5.74, 6) is -0.787. The van der Waals surface area contributed by atoms with Gasteiger partial charge in [-0.3, -0.25) is 4.79 Å². The van der Waals surface area contributed by atoms with Crippen LogP contribution in [0.3, 0.4) is 0 Å². The highest BCUT2D eigenvalue weighted by molar-refractivity contribution is 7.89. The number of halogens is 1. The Bertz CT molecular complexity index is 620. The number of carbonyl (C=O) groups is 1. The number of piperidine rings is 1. The molecule has 1 aromatic rings. The summed E-state index contributed by atoms with van der Waals surface area (Å²) in [6.07, 6.45) is 3.56. The number of carboxylic acid groups (broad SMARTS) is 1. The molecule has 1 aromatic heterocycles. The molecule has 6 nitrogen and oxygen atoms in total. The lowest BCUT2D eigenvalue weighted by atomic mass is 9.95. The van der Waals surface area contributed by atoms with Gasteiger partial charge >= 0.3 is 5.97 Å². The summed E-state index contributed by atoms with van der Waals surface area (Å²) >= 11 is 5.87. The van der Waals surface area contributed by atoms with Gasteiger partial charge in [-0.15, -0.1) is 0 Å². The number of pyridine rings is 1. The topological polar surface area (TPSA) is 87.6 Å². The molecular weight excluding hydrogens is 316 g/mol. The van der Waals surface area contributed by atoms with Crippen molar-refractivity contribution in [3.05, 3.63) is 23.5 Å². The van der Waals surface area contributed by atoms with Gasteiger partial charge in [-0.1, -0.05) is 11.6 Å². The second-order valence-corrected chi connectivity index (χ2v) is 7.36. The van der Waals surface area contributed by atoms with Crippen LogP contribution in [0.25, 0.3) is 0 Å². The Morgan fingerprint density at radius 2 is 2.29 bits per heavy atom. The molecule has 8 heteroatoms. The third-order valence-corrected chi connectivity index (χ3v) is 5.90. The summed E-state index contributed by atoms with van der Waals surface area (Å²) in [5, 5.41) is 8.69. The van der Waals surface area contributed by atoms with Gasteiger partial charge < -0.3 is 5.11 Å².